The van der Waals surface area contributed by atoms with Crippen molar-refractivity contribution < 1.29 is 4.74 Å². The van der Waals surface area contributed by atoms with E-state index in [2.05, 4.69) is 21.0 Å². The Morgan fingerprint density at radius 1 is 1.73 bits per heavy atom. The number of ether oxygens (including phenoxy) is 1. The number of rotatable bonds is 1. The molecule has 0 N–H and O–H groups in total. The molecule has 0 aliphatic heterocycles. The lowest BCUT2D eigenvalue weighted by molar-refractivity contribution is 0.404. The highest BCUT2D eigenvalue weighted by Crippen LogP contribution is 2.17. The Hall–Kier alpha value is -0.840. The highest BCUT2D eigenvalue weighted by Gasteiger charge is 2.05. The molecule has 5 heteroatoms. The summed E-state index contributed by atoms with van der Waals surface area (Å²) in [7, 11) is 3.06. The molecule has 0 aromatic carbocycles. The van der Waals surface area contributed by atoms with Crippen LogP contribution in [0.5, 0.6) is 5.75 Å². The van der Waals surface area contributed by atoms with Gasteiger partial charge in [-0.2, -0.15) is 5.10 Å². The first-order valence-electron chi connectivity index (χ1n) is 2.92. The van der Waals surface area contributed by atoms with E-state index in [1.807, 2.05) is 0 Å². The maximum atomic E-state index is 11.1. The van der Waals surface area contributed by atoms with E-state index in [9.17, 15) is 4.79 Å². The van der Waals surface area contributed by atoms with Crippen molar-refractivity contribution >= 4 is 15.9 Å². The van der Waals surface area contributed by atoms with Gasteiger partial charge in [0, 0.05) is 7.05 Å². The zero-order valence-electron chi connectivity index (χ0n) is 6.17. The van der Waals surface area contributed by atoms with Gasteiger partial charge in [0.05, 0.1) is 13.3 Å². The van der Waals surface area contributed by atoms with Crippen LogP contribution in [-0.2, 0) is 7.05 Å². The van der Waals surface area contributed by atoms with Gasteiger partial charge in [0.2, 0.25) is 0 Å². The minimum Gasteiger partial charge on any atom is -0.494 e. The highest BCUT2D eigenvalue weighted by atomic mass is 79.9. The fourth-order valence-corrected chi connectivity index (χ4v) is 1.16. The van der Waals surface area contributed by atoms with E-state index in [-0.39, 0.29) is 5.56 Å². The lowest BCUT2D eigenvalue weighted by atomic mass is 10.5. The van der Waals surface area contributed by atoms with Crippen molar-refractivity contribution in [3.63, 3.8) is 0 Å². The monoisotopic (exact) mass is 218 g/mol. The quantitative estimate of drug-likeness (QED) is 0.692. The Bertz CT molecular complexity index is 321. The van der Waals surface area contributed by atoms with Crippen LogP contribution in [0.25, 0.3) is 0 Å². The molecule has 1 aromatic rings. The molecule has 0 fully saturated rings. The first-order chi connectivity index (χ1) is 5.16. The SMILES string of the molecule is COc1cnn(C)c(=O)c1Br. The molecular formula is C6H7BrN2O2. The normalized spacial score (nSPS) is 9.73. The van der Waals surface area contributed by atoms with Crippen molar-refractivity contribution in [2.24, 2.45) is 7.05 Å². The van der Waals surface area contributed by atoms with Crippen LogP contribution in [-0.4, -0.2) is 16.9 Å². The predicted octanol–water partition coefficient (Wildman–Crippen LogP) is 0.551. The number of aryl methyl sites for hydroxylation is 1. The third kappa shape index (κ3) is 1.42. The fraction of sp³-hybridized carbons (Fsp3) is 0.333. The summed E-state index contributed by atoms with van der Waals surface area (Å²) in [6.07, 6.45) is 1.48. The van der Waals surface area contributed by atoms with Gasteiger partial charge < -0.3 is 4.74 Å². The molecule has 0 aliphatic carbocycles. The van der Waals surface area contributed by atoms with Gasteiger partial charge in [0.1, 0.15) is 4.47 Å². The van der Waals surface area contributed by atoms with E-state index < -0.39 is 0 Å². The molecule has 1 rings (SSSR count). The van der Waals surface area contributed by atoms with Crippen molar-refractivity contribution in [1.82, 2.24) is 9.78 Å². The summed E-state index contributed by atoms with van der Waals surface area (Å²) >= 11 is 3.09. The molecule has 0 unspecified atom stereocenters. The van der Waals surface area contributed by atoms with E-state index >= 15 is 0 Å². The van der Waals surface area contributed by atoms with Gasteiger partial charge in [-0.3, -0.25) is 4.79 Å². The summed E-state index contributed by atoms with van der Waals surface area (Å²) in [5, 5.41) is 3.76. The van der Waals surface area contributed by atoms with Crippen molar-refractivity contribution in [1.29, 1.82) is 0 Å². The maximum Gasteiger partial charge on any atom is 0.284 e. The molecule has 0 amide bonds. The Labute approximate surface area is 71.9 Å². The smallest absolute Gasteiger partial charge is 0.284 e. The Balaban J connectivity index is 3.37. The van der Waals surface area contributed by atoms with Gasteiger partial charge in [0.25, 0.3) is 5.56 Å². The molecule has 0 radical (unpaired) electrons. The largest absolute Gasteiger partial charge is 0.494 e. The molecule has 0 bridgehead atoms. The number of hydrogen-bond donors (Lipinski definition) is 0. The van der Waals surface area contributed by atoms with Gasteiger partial charge in [-0.15, -0.1) is 0 Å². The first-order valence-corrected chi connectivity index (χ1v) is 3.72. The Kier molecular flexibility index (Phi) is 2.28. The van der Waals surface area contributed by atoms with E-state index in [1.54, 1.807) is 7.05 Å². The molecule has 4 nitrogen and oxygen atoms in total. The van der Waals surface area contributed by atoms with Crippen LogP contribution >= 0.6 is 15.9 Å². The third-order valence-corrected chi connectivity index (χ3v) is 2.00. The molecule has 0 spiro atoms. The Morgan fingerprint density at radius 3 is 2.91 bits per heavy atom. The van der Waals surface area contributed by atoms with Crippen LogP contribution in [0.1, 0.15) is 0 Å². The predicted molar refractivity (Wildman–Crippen MR) is 43.7 cm³/mol. The molecule has 60 valence electrons. The molecule has 0 atom stereocenters. The summed E-state index contributed by atoms with van der Waals surface area (Å²) in [6, 6.07) is 0. The second-order valence-corrected chi connectivity index (χ2v) is 2.75. The van der Waals surface area contributed by atoms with Crippen molar-refractivity contribution in [2.45, 2.75) is 0 Å². The summed E-state index contributed by atoms with van der Waals surface area (Å²) in [5.41, 5.74) is -0.204. The first kappa shape index (κ1) is 8.26. The zero-order valence-corrected chi connectivity index (χ0v) is 7.75. The summed E-state index contributed by atoms with van der Waals surface area (Å²) in [6.45, 7) is 0. The van der Waals surface area contributed by atoms with E-state index in [1.165, 1.54) is 18.0 Å². The van der Waals surface area contributed by atoms with Gasteiger partial charge in [-0.25, -0.2) is 4.68 Å². The number of hydrogen-bond acceptors (Lipinski definition) is 3. The second-order valence-electron chi connectivity index (χ2n) is 1.96. The van der Waals surface area contributed by atoms with Gasteiger partial charge in [-0.05, 0) is 15.9 Å². The fourth-order valence-electron chi connectivity index (χ4n) is 0.638. The van der Waals surface area contributed by atoms with E-state index in [0.717, 1.165) is 0 Å². The van der Waals surface area contributed by atoms with Gasteiger partial charge >= 0.3 is 0 Å². The highest BCUT2D eigenvalue weighted by molar-refractivity contribution is 9.10. The molecule has 1 heterocycles. The molecule has 1 aromatic heterocycles. The van der Waals surface area contributed by atoms with Gasteiger partial charge in [0.15, 0.2) is 5.75 Å². The molecule has 11 heavy (non-hydrogen) atoms. The zero-order chi connectivity index (χ0) is 8.43. The summed E-state index contributed by atoms with van der Waals surface area (Å²) in [5.74, 6) is 0.452. The average Bonchev–Trinajstić information content (AvgIpc) is 2.01. The number of halogens is 1. The topological polar surface area (TPSA) is 44.1 Å². The summed E-state index contributed by atoms with van der Waals surface area (Å²) in [4.78, 5) is 11.1. The lowest BCUT2D eigenvalue weighted by Gasteiger charge is -2.01. The van der Waals surface area contributed by atoms with Crippen LogP contribution < -0.4 is 10.3 Å². The molecular weight excluding hydrogens is 212 g/mol. The van der Waals surface area contributed by atoms with Crippen molar-refractivity contribution in [2.75, 3.05) is 7.11 Å². The standard InChI is InChI=1S/C6H7BrN2O2/c1-9-6(10)5(7)4(11-2)3-8-9/h3H,1-2H3. The minimum absolute atomic E-state index is 0.204. The number of nitrogens with zero attached hydrogens (tertiary/aromatic N) is 2. The van der Waals surface area contributed by atoms with Crippen molar-refractivity contribution in [3.8, 4) is 5.75 Å². The number of methoxy groups -OCH3 is 1. The lowest BCUT2D eigenvalue weighted by Crippen LogP contribution is -2.20. The van der Waals surface area contributed by atoms with Crippen LogP contribution in [0.3, 0.4) is 0 Å². The van der Waals surface area contributed by atoms with Crippen molar-refractivity contribution in [3.05, 3.63) is 21.0 Å². The Morgan fingerprint density at radius 2 is 2.36 bits per heavy atom. The second kappa shape index (κ2) is 3.04. The molecule has 0 saturated carbocycles. The van der Waals surface area contributed by atoms with E-state index in [0.29, 0.717) is 10.2 Å². The average molecular weight is 219 g/mol. The van der Waals surface area contributed by atoms with Crippen LogP contribution in [0.4, 0.5) is 0 Å². The van der Waals surface area contributed by atoms with Crippen LogP contribution in [0.15, 0.2) is 15.5 Å². The van der Waals surface area contributed by atoms with E-state index in [4.69, 9.17) is 4.74 Å². The molecule has 0 saturated heterocycles. The molecule has 0 aliphatic rings. The third-order valence-electron chi connectivity index (χ3n) is 1.27. The number of aromatic nitrogens is 2. The summed E-state index contributed by atoms with van der Waals surface area (Å²) < 4.78 is 6.49. The van der Waals surface area contributed by atoms with Crippen LogP contribution in [0, 0.1) is 0 Å². The van der Waals surface area contributed by atoms with Crippen LogP contribution in [0.2, 0.25) is 0 Å². The minimum atomic E-state index is -0.204. The van der Waals surface area contributed by atoms with Gasteiger partial charge in [-0.1, -0.05) is 0 Å². The maximum absolute atomic E-state index is 11.1.